The van der Waals surface area contributed by atoms with Crippen LogP contribution in [0.2, 0.25) is 0 Å². The van der Waals surface area contributed by atoms with Crippen molar-refractivity contribution in [2.45, 2.75) is 20.3 Å². The second-order valence-corrected chi connectivity index (χ2v) is 5.87. The lowest BCUT2D eigenvalue weighted by atomic mass is 10.1. The maximum Gasteiger partial charge on any atom is 0.205 e. The summed E-state index contributed by atoms with van der Waals surface area (Å²) in [6, 6.07) is 10.1. The summed E-state index contributed by atoms with van der Waals surface area (Å²) in [5.41, 5.74) is 2.98. The van der Waals surface area contributed by atoms with Crippen LogP contribution in [0.25, 0.3) is 10.9 Å². The van der Waals surface area contributed by atoms with Crippen LogP contribution in [0.5, 0.6) is 0 Å². The molecule has 2 heterocycles. The Hall–Kier alpha value is -1.87. The molecule has 19 heavy (non-hydrogen) atoms. The lowest BCUT2D eigenvalue weighted by Crippen LogP contribution is -1.96. The van der Waals surface area contributed by atoms with Gasteiger partial charge in [-0.2, -0.15) is 0 Å². The number of thiophene rings is 1. The number of hydrogen-bond acceptors (Lipinski definition) is 2. The highest BCUT2D eigenvalue weighted by Crippen LogP contribution is 2.25. The van der Waals surface area contributed by atoms with Crippen molar-refractivity contribution in [3.8, 4) is 0 Å². The molecule has 0 unspecified atom stereocenters. The molecule has 0 saturated carbocycles. The number of ketones is 1. The average molecular weight is 269 g/mol. The number of nitrogens with one attached hydrogen (secondary N) is 1. The van der Waals surface area contributed by atoms with Crippen LogP contribution in [0.1, 0.15) is 32.6 Å². The molecule has 2 nitrogen and oxygen atoms in total. The molecule has 0 aliphatic rings. The Labute approximate surface area is 116 Å². The summed E-state index contributed by atoms with van der Waals surface area (Å²) in [4.78, 5) is 17.8. The van der Waals surface area contributed by atoms with Gasteiger partial charge in [0, 0.05) is 27.5 Å². The van der Waals surface area contributed by atoms with E-state index in [0.29, 0.717) is 0 Å². The van der Waals surface area contributed by atoms with Gasteiger partial charge in [-0.25, -0.2) is 0 Å². The minimum atomic E-state index is 0.111. The van der Waals surface area contributed by atoms with Crippen LogP contribution in [0.15, 0.2) is 36.5 Å². The molecule has 3 heteroatoms. The van der Waals surface area contributed by atoms with E-state index < -0.39 is 0 Å². The molecule has 3 rings (SSSR count). The monoisotopic (exact) mass is 269 g/mol. The number of hydrogen-bond donors (Lipinski definition) is 1. The molecule has 0 radical (unpaired) electrons. The lowest BCUT2D eigenvalue weighted by molar-refractivity contribution is 0.104. The first-order chi connectivity index (χ1) is 9.19. The number of carbonyl (C=O) groups is 1. The number of benzene rings is 1. The molecule has 0 saturated heterocycles. The summed E-state index contributed by atoms with van der Waals surface area (Å²) < 4.78 is 0. The summed E-state index contributed by atoms with van der Waals surface area (Å²) in [6.07, 6.45) is 2.79. The first-order valence-corrected chi connectivity index (χ1v) is 7.22. The molecule has 0 fully saturated rings. The highest BCUT2D eigenvalue weighted by molar-refractivity contribution is 7.14. The van der Waals surface area contributed by atoms with Crippen LogP contribution in [0, 0.1) is 6.92 Å². The standard InChI is InChI=1S/C16H15NOS/c1-3-11-5-7-15(19-11)16(18)13-9-17-14-8-10(2)4-6-12(13)14/h4-9,17H,3H2,1-2H3. The Balaban J connectivity index is 2.06. The fraction of sp³-hybridized carbons (Fsp3) is 0.188. The maximum absolute atomic E-state index is 12.5. The summed E-state index contributed by atoms with van der Waals surface area (Å²) in [7, 11) is 0. The number of aromatic nitrogens is 1. The van der Waals surface area contributed by atoms with Crippen molar-refractivity contribution in [3.05, 3.63) is 57.4 Å². The summed E-state index contributed by atoms with van der Waals surface area (Å²) >= 11 is 1.59. The Morgan fingerprint density at radius 1 is 1.26 bits per heavy atom. The third-order valence-electron chi connectivity index (χ3n) is 3.32. The van der Waals surface area contributed by atoms with Crippen molar-refractivity contribution in [2.24, 2.45) is 0 Å². The predicted molar refractivity (Wildman–Crippen MR) is 80.2 cm³/mol. The van der Waals surface area contributed by atoms with Gasteiger partial charge in [-0.3, -0.25) is 4.79 Å². The number of aryl methyl sites for hydroxylation is 2. The van der Waals surface area contributed by atoms with Crippen molar-refractivity contribution in [1.29, 1.82) is 0 Å². The second kappa shape index (κ2) is 4.67. The van der Waals surface area contributed by atoms with Gasteiger partial charge in [-0.1, -0.05) is 19.1 Å². The van der Waals surface area contributed by atoms with E-state index >= 15 is 0 Å². The van der Waals surface area contributed by atoms with E-state index in [1.807, 2.05) is 30.5 Å². The van der Waals surface area contributed by atoms with Crippen LogP contribution in [-0.4, -0.2) is 10.8 Å². The number of fused-ring (bicyclic) bond motifs is 1. The van der Waals surface area contributed by atoms with Crippen LogP contribution in [0.4, 0.5) is 0 Å². The topological polar surface area (TPSA) is 32.9 Å². The van der Waals surface area contributed by atoms with Crippen molar-refractivity contribution in [3.63, 3.8) is 0 Å². The van der Waals surface area contributed by atoms with Gasteiger partial charge in [0.1, 0.15) is 0 Å². The number of carbonyl (C=O) groups excluding carboxylic acids is 1. The van der Waals surface area contributed by atoms with E-state index in [9.17, 15) is 4.79 Å². The molecule has 0 amide bonds. The Morgan fingerprint density at radius 3 is 2.84 bits per heavy atom. The van der Waals surface area contributed by atoms with Crippen LogP contribution in [-0.2, 0) is 6.42 Å². The molecule has 1 N–H and O–H groups in total. The van der Waals surface area contributed by atoms with Gasteiger partial charge in [-0.15, -0.1) is 11.3 Å². The average Bonchev–Trinajstić information content (AvgIpc) is 3.03. The molecule has 1 aromatic carbocycles. The van der Waals surface area contributed by atoms with Crippen molar-refractivity contribution in [1.82, 2.24) is 4.98 Å². The van der Waals surface area contributed by atoms with Gasteiger partial charge in [0.2, 0.25) is 5.78 Å². The smallest absolute Gasteiger partial charge is 0.205 e. The minimum Gasteiger partial charge on any atom is -0.360 e. The van der Waals surface area contributed by atoms with Gasteiger partial charge in [-0.05, 0) is 37.1 Å². The first-order valence-electron chi connectivity index (χ1n) is 6.40. The van der Waals surface area contributed by atoms with Crippen LogP contribution < -0.4 is 0 Å². The molecular formula is C16H15NOS. The van der Waals surface area contributed by atoms with E-state index in [0.717, 1.165) is 27.8 Å². The normalized spacial score (nSPS) is 11.1. The van der Waals surface area contributed by atoms with E-state index in [-0.39, 0.29) is 5.78 Å². The van der Waals surface area contributed by atoms with Crippen molar-refractivity contribution in [2.75, 3.05) is 0 Å². The largest absolute Gasteiger partial charge is 0.360 e. The highest BCUT2D eigenvalue weighted by Gasteiger charge is 2.15. The van der Waals surface area contributed by atoms with Crippen molar-refractivity contribution < 1.29 is 4.79 Å². The number of H-pyrrole nitrogens is 1. The maximum atomic E-state index is 12.5. The van der Waals surface area contributed by atoms with Crippen molar-refractivity contribution >= 4 is 28.0 Å². The Morgan fingerprint density at radius 2 is 2.11 bits per heavy atom. The second-order valence-electron chi connectivity index (χ2n) is 4.70. The Kier molecular flexibility index (Phi) is 2.99. The fourth-order valence-electron chi connectivity index (χ4n) is 2.25. The van der Waals surface area contributed by atoms with E-state index in [1.54, 1.807) is 11.3 Å². The zero-order valence-corrected chi connectivity index (χ0v) is 11.8. The van der Waals surface area contributed by atoms with Crippen LogP contribution in [0.3, 0.4) is 0 Å². The molecule has 0 bridgehead atoms. The van der Waals surface area contributed by atoms with E-state index in [4.69, 9.17) is 0 Å². The number of aromatic amines is 1. The summed E-state index contributed by atoms with van der Waals surface area (Å²) in [6.45, 7) is 4.16. The lowest BCUT2D eigenvalue weighted by Gasteiger charge is -1.97. The predicted octanol–water partition coefficient (Wildman–Crippen LogP) is 4.33. The van der Waals surface area contributed by atoms with E-state index in [2.05, 4.69) is 24.9 Å². The zero-order chi connectivity index (χ0) is 13.4. The van der Waals surface area contributed by atoms with E-state index in [1.165, 1.54) is 10.4 Å². The zero-order valence-electron chi connectivity index (χ0n) is 11.0. The number of rotatable bonds is 3. The van der Waals surface area contributed by atoms with Gasteiger partial charge < -0.3 is 4.98 Å². The summed E-state index contributed by atoms with van der Waals surface area (Å²) in [5, 5.41) is 1.00. The SMILES string of the molecule is CCc1ccc(C(=O)c2c[nH]c3cc(C)ccc23)s1. The quantitative estimate of drug-likeness (QED) is 0.705. The molecule has 0 aliphatic carbocycles. The molecule has 2 aromatic heterocycles. The molecule has 3 aromatic rings. The third-order valence-corrected chi connectivity index (χ3v) is 4.54. The molecule has 96 valence electrons. The third kappa shape index (κ3) is 2.10. The first kappa shape index (κ1) is 12.2. The minimum absolute atomic E-state index is 0.111. The van der Waals surface area contributed by atoms with Crippen LogP contribution >= 0.6 is 11.3 Å². The van der Waals surface area contributed by atoms with Gasteiger partial charge in [0.05, 0.1) is 4.88 Å². The molecular weight excluding hydrogens is 254 g/mol. The fourth-order valence-corrected chi connectivity index (χ4v) is 3.15. The molecule has 0 spiro atoms. The molecule has 0 aliphatic heterocycles. The van der Waals surface area contributed by atoms with Gasteiger partial charge in [0.25, 0.3) is 0 Å². The highest BCUT2D eigenvalue weighted by atomic mass is 32.1. The van der Waals surface area contributed by atoms with Gasteiger partial charge in [0.15, 0.2) is 0 Å². The Bertz CT molecular complexity index is 751. The molecule has 0 atom stereocenters. The van der Waals surface area contributed by atoms with Gasteiger partial charge >= 0.3 is 0 Å². The summed E-state index contributed by atoms with van der Waals surface area (Å²) in [5.74, 6) is 0.111.